The molecule has 1 atom stereocenters. The van der Waals surface area contributed by atoms with Crippen molar-refractivity contribution in [2.24, 2.45) is 0 Å². The maximum Gasteiger partial charge on any atom is 0.300 e. The lowest BCUT2D eigenvalue weighted by molar-refractivity contribution is -0.132. The smallest absolute Gasteiger partial charge is 0.300 e. The minimum atomic E-state index is -0.845. The number of fused-ring (bicyclic) bond motifs is 1. The highest BCUT2D eigenvalue weighted by atomic mass is 35.5. The number of benzene rings is 3. The summed E-state index contributed by atoms with van der Waals surface area (Å²) in [7, 11) is 0. The number of carbonyl (C=O) groups excluding carboxylic acids is 2. The zero-order chi connectivity index (χ0) is 23.1. The molecule has 5 rings (SSSR count). The number of carbonyl (C=O) groups is 2. The molecule has 162 valence electrons. The Bertz CT molecular complexity index is 1450. The Balaban J connectivity index is 1.75. The summed E-state index contributed by atoms with van der Waals surface area (Å²) in [6.07, 6.45) is 3.21. The van der Waals surface area contributed by atoms with Gasteiger partial charge < -0.3 is 5.11 Å². The molecule has 0 saturated carbocycles. The molecule has 1 fully saturated rings. The first kappa shape index (κ1) is 20.9. The Hall–Kier alpha value is -3.96. The van der Waals surface area contributed by atoms with Gasteiger partial charge in [-0.25, -0.2) is 0 Å². The molecule has 1 N–H and O–H groups in total. The average Bonchev–Trinajstić information content (AvgIpc) is 3.11. The van der Waals surface area contributed by atoms with Crippen LogP contribution in [0.15, 0.2) is 90.8 Å². The highest BCUT2D eigenvalue weighted by Gasteiger charge is 2.47. The van der Waals surface area contributed by atoms with Crippen LogP contribution in [0.25, 0.3) is 16.5 Å². The number of Topliss-reactive ketones (excluding diaryl/α,β-unsaturated/α-hetero) is 1. The van der Waals surface area contributed by atoms with Crippen LogP contribution in [0.4, 0.5) is 5.69 Å². The van der Waals surface area contributed by atoms with E-state index in [0.29, 0.717) is 27.4 Å². The molecule has 1 aromatic heterocycles. The number of aromatic nitrogens is 1. The fourth-order valence-electron chi connectivity index (χ4n) is 4.28. The van der Waals surface area contributed by atoms with Crippen molar-refractivity contribution in [2.45, 2.75) is 13.0 Å². The molecule has 0 aliphatic carbocycles. The van der Waals surface area contributed by atoms with Gasteiger partial charge >= 0.3 is 0 Å². The average molecular weight is 455 g/mol. The first-order valence-corrected chi connectivity index (χ1v) is 10.8. The predicted octanol–water partition coefficient (Wildman–Crippen LogP) is 5.82. The molecule has 2 heterocycles. The zero-order valence-corrected chi connectivity index (χ0v) is 18.5. The lowest BCUT2D eigenvalue weighted by Crippen LogP contribution is -2.30. The number of hydrogen-bond acceptors (Lipinski definition) is 4. The Morgan fingerprint density at radius 1 is 0.970 bits per heavy atom. The number of anilines is 1. The zero-order valence-electron chi connectivity index (χ0n) is 17.7. The van der Waals surface area contributed by atoms with Gasteiger partial charge in [-0.3, -0.25) is 19.5 Å². The lowest BCUT2D eigenvalue weighted by Gasteiger charge is -2.26. The van der Waals surface area contributed by atoms with Gasteiger partial charge in [0.25, 0.3) is 11.7 Å². The molecule has 1 unspecified atom stereocenters. The maximum atomic E-state index is 13.3. The Morgan fingerprint density at radius 3 is 2.52 bits per heavy atom. The van der Waals surface area contributed by atoms with Crippen LogP contribution in [0, 0.1) is 6.92 Å². The summed E-state index contributed by atoms with van der Waals surface area (Å²) < 4.78 is 0. The molecule has 1 aliphatic rings. The molecule has 0 bridgehead atoms. The second-order valence-electron chi connectivity index (χ2n) is 7.90. The fourth-order valence-corrected chi connectivity index (χ4v) is 4.45. The van der Waals surface area contributed by atoms with Crippen LogP contribution in [-0.2, 0) is 9.59 Å². The van der Waals surface area contributed by atoms with E-state index in [1.165, 1.54) is 4.90 Å². The van der Waals surface area contributed by atoms with Crippen molar-refractivity contribution in [3.63, 3.8) is 0 Å². The third-order valence-corrected chi connectivity index (χ3v) is 6.38. The van der Waals surface area contributed by atoms with E-state index in [1.54, 1.807) is 55.7 Å². The molecular weight excluding hydrogens is 436 g/mol. The van der Waals surface area contributed by atoms with Crippen molar-refractivity contribution >= 4 is 45.5 Å². The monoisotopic (exact) mass is 454 g/mol. The van der Waals surface area contributed by atoms with Crippen LogP contribution in [0.1, 0.15) is 22.7 Å². The van der Waals surface area contributed by atoms with Gasteiger partial charge in [-0.2, -0.15) is 0 Å². The third-order valence-electron chi connectivity index (χ3n) is 5.97. The molecule has 0 radical (unpaired) electrons. The van der Waals surface area contributed by atoms with Gasteiger partial charge in [-0.05, 0) is 53.1 Å². The van der Waals surface area contributed by atoms with Crippen molar-refractivity contribution < 1.29 is 14.7 Å². The minimum Gasteiger partial charge on any atom is -0.507 e. The van der Waals surface area contributed by atoms with E-state index in [-0.39, 0.29) is 11.3 Å². The van der Waals surface area contributed by atoms with E-state index < -0.39 is 17.7 Å². The molecule has 3 aromatic carbocycles. The number of rotatable bonds is 3. The van der Waals surface area contributed by atoms with Crippen LogP contribution in [0.3, 0.4) is 0 Å². The lowest BCUT2D eigenvalue weighted by atomic mass is 9.95. The van der Waals surface area contributed by atoms with E-state index in [2.05, 4.69) is 4.98 Å². The normalized spacial score (nSPS) is 17.6. The molecule has 33 heavy (non-hydrogen) atoms. The van der Waals surface area contributed by atoms with E-state index in [9.17, 15) is 14.7 Å². The van der Waals surface area contributed by atoms with Gasteiger partial charge in [0.15, 0.2) is 0 Å². The number of aliphatic hydroxyl groups is 1. The van der Waals surface area contributed by atoms with Gasteiger partial charge in [0.2, 0.25) is 0 Å². The number of halogens is 1. The van der Waals surface area contributed by atoms with E-state index in [0.717, 1.165) is 10.8 Å². The Morgan fingerprint density at radius 2 is 1.76 bits per heavy atom. The summed E-state index contributed by atoms with van der Waals surface area (Å²) in [5.41, 5.74) is 2.26. The summed E-state index contributed by atoms with van der Waals surface area (Å²) in [6.45, 7) is 1.79. The van der Waals surface area contributed by atoms with Gasteiger partial charge in [0.05, 0.1) is 11.6 Å². The van der Waals surface area contributed by atoms with Crippen LogP contribution in [0.5, 0.6) is 0 Å². The largest absolute Gasteiger partial charge is 0.507 e. The summed E-state index contributed by atoms with van der Waals surface area (Å²) in [5.74, 6) is -1.71. The number of aliphatic hydroxyl groups excluding tert-OH is 1. The number of pyridine rings is 1. The van der Waals surface area contributed by atoms with Gasteiger partial charge in [-0.1, -0.05) is 60.1 Å². The standard InChI is InChI=1S/C27H19ClN2O3/c1-16-21(28)9-4-10-22(16)30-24(20-8-5-13-29-15-20)23(26(32)27(30)33)25(31)19-12-11-17-6-2-3-7-18(17)14-19/h2-15,24,31H,1H3/b25-23-. The van der Waals surface area contributed by atoms with Crippen molar-refractivity contribution in [3.8, 4) is 0 Å². The topological polar surface area (TPSA) is 70.5 Å². The van der Waals surface area contributed by atoms with Crippen molar-refractivity contribution in [1.82, 2.24) is 4.98 Å². The molecule has 4 aromatic rings. The molecule has 1 aliphatic heterocycles. The second kappa shape index (κ2) is 8.19. The van der Waals surface area contributed by atoms with Crippen LogP contribution in [0.2, 0.25) is 5.02 Å². The minimum absolute atomic E-state index is 0.0163. The summed E-state index contributed by atoms with van der Waals surface area (Å²) >= 11 is 6.32. The predicted molar refractivity (Wildman–Crippen MR) is 129 cm³/mol. The van der Waals surface area contributed by atoms with Crippen LogP contribution < -0.4 is 4.90 Å². The number of ketones is 1. The quantitative estimate of drug-likeness (QED) is 0.240. The number of hydrogen-bond donors (Lipinski definition) is 1. The first-order valence-electron chi connectivity index (χ1n) is 10.4. The summed E-state index contributed by atoms with van der Waals surface area (Å²) in [6, 6.07) is 21.0. The highest BCUT2D eigenvalue weighted by molar-refractivity contribution is 6.52. The van der Waals surface area contributed by atoms with Crippen molar-refractivity contribution in [2.75, 3.05) is 4.90 Å². The fraction of sp³-hybridized carbons (Fsp3) is 0.0741. The van der Waals surface area contributed by atoms with Gasteiger partial charge in [0.1, 0.15) is 5.76 Å². The SMILES string of the molecule is Cc1c(Cl)cccc1N1C(=O)C(=O)/C(=C(\O)c2ccc3ccccc3c2)C1c1cccnc1. The summed E-state index contributed by atoms with van der Waals surface area (Å²) in [5, 5.41) is 13.7. The Kier molecular flexibility index (Phi) is 5.19. The van der Waals surface area contributed by atoms with E-state index >= 15 is 0 Å². The van der Waals surface area contributed by atoms with Gasteiger partial charge in [-0.15, -0.1) is 0 Å². The molecular formula is C27H19ClN2O3. The molecule has 6 heteroatoms. The van der Waals surface area contributed by atoms with Crippen molar-refractivity contribution in [1.29, 1.82) is 0 Å². The Labute approximate surface area is 195 Å². The van der Waals surface area contributed by atoms with Crippen LogP contribution in [-0.4, -0.2) is 21.8 Å². The maximum absolute atomic E-state index is 13.3. The second-order valence-corrected chi connectivity index (χ2v) is 8.31. The van der Waals surface area contributed by atoms with E-state index in [4.69, 9.17) is 11.6 Å². The number of amides is 1. The molecule has 0 spiro atoms. The first-order chi connectivity index (χ1) is 16.0. The highest BCUT2D eigenvalue weighted by Crippen LogP contribution is 2.43. The van der Waals surface area contributed by atoms with E-state index in [1.807, 2.05) is 36.4 Å². The number of nitrogens with zero attached hydrogens (tertiary/aromatic N) is 2. The molecule has 1 amide bonds. The third kappa shape index (κ3) is 3.47. The van der Waals surface area contributed by atoms with Gasteiger partial charge in [0, 0.05) is 28.7 Å². The van der Waals surface area contributed by atoms with Crippen molar-refractivity contribution in [3.05, 3.63) is 112 Å². The molecule has 5 nitrogen and oxygen atoms in total. The molecule has 1 saturated heterocycles. The summed E-state index contributed by atoms with van der Waals surface area (Å²) in [4.78, 5) is 32.1. The van der Waals surface area contributed by atoms with Crippen LogP contribution >= 0.6 is 11.6 Å².